The van der Waals surface area contributed by atoms with E-state index in [-0.39, 0.29) is 18.6 Å². The summed E-state index contributed by atoms with van der Waals surface area (Å²) in [5.74, 6) is 0.631. The predicted octanol–water partition coefficient (Wildman–Crippen LogP) is 2.76. The normalized spacial score (nSPS) is 15.7. The molecule has 0 radical (unpaired) electrons. The number of carbonyl (C=O) groups excluding carboxylic acids is 1. The van der Waals surface area contributed by atoms with E-state index in [1.165, 1.54) is 4.80 Å². The van der Waals surface area contributed by atoms with Crippen molar-refractivity contribution in [3.63, 3.8) is 0 Å². The summed E-state index contributed by atoms with van der Waals surface area (Å²) in [7, 11) is 0. The fourth-order valence-electron chi connectivity index (χ4n) is 3.78. The number of ether oxygens (including phenoxy) is 1. The number of nitriles is 1. The van der Waals surface area contributed by atoms with Crippen LogP contribution in [-0.4, -0.2) is 43.4 Å². The Morgan fingerprint density at radius 2 is 2.06 bits per heavy atom. The van der Waals surface area contributed by atoms with Gasteiger partial charge in [-0.15, -0.1) is 10.2 Å². The molecule has 0 bridgehead atoms. The smallest absolute Gasteiger partial charge is 0.249 e. The largest absolute Gasteiger partial charge is 0.376 e. The maximum atomic E-state index is 12.8. The zero-order chi connectivity index (χ0) is 22.0. The number of hydrogen-bond donors (Lipinski definition) is 1. The molecule has 1 aromatic carbocycles. The number of aromatic nitrogens is 5. The Hall–Kier alpha value is -3.51. The summed E-state index contributed by atoms with van der Waals surface area (Å²) in [4.78, 5) is 14.0. The first kappa shape index (κ1) is 20.8. The Bertz CT molecular complexity index is 1130. The standard InChI is InChI=1S/C22H25N7O2/c1-14-6-8-17(9-7-14)21-25-27-29(26-21)13-20(30)24-22-19(11-23)15(2)16(3)28(22)12-18-5-4-10-31-18/h6-9,18H,4-5,10,12-13H2,1-3H3,(H,24,30)/t18-/m0/s1. The van der Waals surface area contributed by atoms with Crippen LogP contribution in [0, 0.1) is 32.1 Å². The van der Waals surface area contributed by atoms with E-state index in [9.17, 15) is 10.1 Å². The highest BCUT2D eigenvalue weighted by atomic mass is 16.5. The Morgan fingerprint density at radius 1 is 1.29 bits per heavy atom. The molecule has 2 aromatic heterocycles. The first-order chi connectivity index (χ1) is 15.0. The average Bonchev–Trinajstić information content (AvgIpc) is 3.47. The van der Waals surface area contributed by atoms with Crippen molar-refractivity contribution in [2.24, 2.45) is 0 Å². The molecule has 31 heavy (non-hydrogen) atoms. The number of rotatable bonds is 6. The summed E-state index contributed by atoms with van der Waals surface area (Å²) < 4.78 is 7.72. The van der Waals surface area contributed by atoms with Crippen molar-refractivity contribution in [3.8, 4) is 17.5 Å². The zero-order valence-corrected chi connectivity index (χ0v) is 17.9. The number of nitrogens with one attached hydrogen (secondary N) is 1. The second-order valence-electron chi connectivity index (χ2n) is 7.85. The fraction of sp³-hybridized carbons (Fsp3) is 0.409. The maximum absolute atomic E-state index is 12.8. The Morgan fingerprint density at radius 3 is 2.74 bits per heavy atom. The number of aryl methyl sites for hydroxylation is 1. The topological polar surface area (TPSA) is 111 Å². The number of hydrogen-bond acceptors (Lipinski definition) is 6. The van der Waals surface area contributed by atoms with Crippen LogP contribution in [0.2, 0.25) is 0 Å². The Balaban J connectivity index is 1.51. The molecule has 0 aliphatic carbocycles. The fourth-order valence-corrected chi connectivity index (χ4v) is 3.78. The van der Waals surface area contributed by atoms with Crippen LogP contribution >= 0.6 is 0 Å². The third-order valence-electron chi connectivity index (χ3n) is 5.66. The number of tetrazole rings is 1. The Kier molecular flexibility index (Phi) is 5.82. The number of benzene rings is 1. The highest BCUT2D eigenvalue weighted by Gasteiger charge is 2.24. The van der Waals surface area contributed by atoms with Gasteiger partial charge in [-0.05, 0) is 44.4 Å². The Labute approximate surface area is 180 Å². The van der Waals surface area contributed by atoms with Crippen LogP contribution in [0.15, 0.2) is 24.3 Å². The van der Waals surface area contributed by atoms with Crippen LogP contribution in [0.1, 0.15) is 35.2 Å². The van der Waals surface area contributed by atoms with Crippen molar-refractivity contribution in [2.45, 2.75) is 52.8 Å². The molecule has 1 fully saturated rings. The van der Waals surface area contributed by atoms with Gasteiger partial charge in [0.15, 0.2) is 0 Å². The first-order valence-electron chi connectivity index (χ1n) is 10.3. The molecule has 3 aromatic rings. The molecule has 1 aliphatic heterocycles. The van der Waals surface area contributed by atoms with E-state index in [1.807, 2.05) is 49.6 Å². The monoisotopic (exact) mass is 419 g/mol. The molecule has 1 aliphatic rings. The molecule has 1 saturated heterocycles. The second kappa shape index (κ2) is 8.70. The van der Waals surface area contributed by atoms with Crippen molar-refractivity contribution in [2.75, 3.05) is 11.9 Å². The van der Waals surface area contributed by atoms with Gasteiger partial charge in [-0.2, -0.15) is 10.1 Å². The van der Waals surface area contributed by atoms with Gasteiger partial charge in [0.05, 0.1) is 18.2 Å². The minimum atomic E-state index is -0.324. The summed E-state index contributed by atoms with van der Waals surface area (Å²) in [6.45, 7) is 7.09. The van der Waals surface area contributed by atoms with Gasteiger partial charge < -0.3 is 14.6 Å². The minimum absolute atomic E-state index is 0.0849. The van der Waals surface area contributed by atoms with Crippen LogP contribution in [0.5, 0.6) is 0 Å². The predicted molar refractivity (Wildman–Crippen MR) is 114 cm³/mol. The zero-order valence-electron chi connectivity index (χ0n) is 17.9. The molecule has 9 heteroatoms. The number of amides is 1. The maximum Gasteiger partial charge on any atom is 0.249 e. The molecule has 1 N–H and O–H groups in total. The van der Waals surface area contributed by atoms with Crippen LogP contribution in [0.3, 0.4) is 0 Å². The molecule has 0 saturated carbocycles. The number of carbonyl (C=O) groups is 1. The molecule has 4 rings (SSSR count). The van der Waals surface area contributed by atoms with Crippen molar-refractivity contribution in [1.82, 2.24) is 24.8 Å². The van der Waals surface area contributed by atoms with Gasteiger partial charge in [-0.25, -0.2) is 0 Å². The van der Waals surface area contributed by atoms with Crippen molar-refractivity contribution < 1.29 is 9.53 Å². The molecular weight excluding hydrogens is 394 g/mol. The minimum Gasteiger partial charge on any atom is -0.376 e. The molecule has 160 valence electrons. The summed E-state index contributed by atoms with van der Waals surface area (Å²) in [5, 5.41) is 24.9. The average molecular weight is 419 g/mol. The highest BCUT2D eigenvalue weighted by molar-refractivity contribution is 5.91. The van der Waals surface area contributed by atoms with E-state index in [2.05, 4.69) is 26.8 Å². The van der Waals surface area contributed by atoms with Gasteiger partial charge in [0.25, 0.3) is 0 Å². The van der Waals surface area contributed by atoms with E-state index in [0.717, 1.165) is 41.8 Å². The van der Waals surface area contributed by atoms with Crippen molar-refractivity contribution in [3.05, 3.63) is 46.6 Å². The third kappa shape index (κ3) is 4.34. The SMILES string of the molecule is Cc1ccc(-c2nnn(CC(=O)Nc3c(C#N)c(C)c(C)n3C[C@@H]3CCCO3)n2)cc1. The van der Waals surface area contributed by atoms with Crippen LogP contribution in [0.25, 0.3) is 11.4 Å². The summed E-state index contributed by atoms with van der Waals surface area (Å²) in [6.07, 6.45) is 2.08. The molecule has 0 spiro atoms. The van der Waals surface area contributed by atoms with E-state index in [0.29, 0.717) is 23.8 Å². The van der Waals surface area contributed by atoms with Gasteiger partial charge in [0.2, 0.25) is 11.7 Å². The lowest BCUT2D eigenvalue weighted by Gasteiger charge is -2.16. The molecular formula is C22H25N7O2. The summed E-state index contributed by atoms with van der Waals surface area (Å²) in [6, 6.07) is 10.00. The summed E-state index contributed by atoms with van der Waals surface area (Å²) >= 11 is 0. The molecule has 1 atom stereocenters. The van der Waals surface area contributed by atoms with E-state index in [4.69, 9.17) is 4.74 Å². The quantitative estimate of drug-likeness (QED) is 0.658. The lowest BCUT2D eigenvalue weighted by molar-refractivity contribution is -0.117. The van der Waals surface area contributed by atoms with Gasteiger partial charge in [-0.3, -0.25) is 4.79 Å². The summed E-state index contributed by atoms with van der Waals surface area (Å²) in [5.41, 5.74) is 4.25. The van der Waals surface area contributed by atoms with Gasteiger partial charge >= 0.3 is 0 Å². The molecule has 1 amide bonds. The first-order valence-corrected chi connectivity index (χ1v) is 10.3. The van der Waals surface area contributed by atoms with E-state index in [1.54, 1.807) is 0 Å². The number of nitrogens with zero attached hydrogens (tertiary/aromatic N) is 6. The third-order valence-corrected chi connectivity index (χ3v) is 5.66. The number of anilines is 1. The molecule has 9 nitrogen and oxygen atoms in total. The highest BCUT2D eigenvalue weighted by Crippen LogP contribution is 2.28. The van der Waals surface area contributed by atoms with E-state index < -0.39 is 0 Å². The lowest BCUT2D eigenvalue weighted by Crippen LogP contribution is -2.24. The van der Waals surface area contributed by atoms with Gasteiger partial charge in [0.1, 0.15) is 18.4 Å². The van der Waals surface area contributed by atoms with Crippen molar-refractivity contribution in [1.29, 1.82) is 5.26 Å². The van der Waals surface area contributed by atoms with Gasteiger partial charge in [0, 0.05) is 17.9 Å². The van der Waals surface area contributed by atoms with E-state index >= 15 is 0 Å². The van der Waals surface area contributed by atoms with Crippen LogP contribution in [0.4, 0.5) is 5.82 Å². The van der Waals surface area contributed by atoms with Gasteiger partial charge in [-0.1, -0.05) is 29.8 Å². The van der Waals surface area contributed by atoms with Crippen molar-refractivity contribution >= 4 is 11.7 Å². The molecule has 0 unspecified atom stereocenters. The molecule has 3 heterocycles. The van der Waals surface area contributed by atoms with Crippen LogP contribution in [-0.2, 0) is 22.6 Å². The second-order valence-corrected chi connectivity index (χ2v) is 7.85. The van der Waals surface area contributed by atoms with Crippen LogP contribution < -0.4 is 5.32 Å². The lowest BCUT2D eigenvalue weighted by atomic mass is 10.1.